The maximum atomic E-state index is 4.63. The molecule has 0 atom stereocenters. The normalized spacial score (nSPS) is 6.67. The third kappa shape index (κ3) is 4.85. The molecule has 0 aliphatic rings. The Labute approximate surface area is 59.3 Å². The van der Waals surface area contributed by atoms with E-state index in [1.54, 1.807) is 19.3 Å². The van der Waals surface area contributed by atoms with Crippen molar-refractivity contribution >= 4 is 12.2 Å². The highest BCUT2D eigenvalue weighted by Crippen LogP contribution is 1.72. The van der Waals surface area contributed by atoms with Crippen molar-refractivity contribution in [2.45, 2.75) is 6.92 Å². The lowest BCUT2D eigenvalue weighted by atomic mass is 10.9. The van der Waals surface area contributed by atoms with Gasteiger partial charge in [0, 0.05) is 12.4 Å². The Bertz CT molecular complexity index is 211. The quantitative estimate of drug-likeness (QED) is 0.417. The summed E-state index contributed by atoms with van der Waals surface area (Å²) >= 11 is 4.63. The van der Waals surface area contributed by atoms with Gasteiger partial charge in [-0.2, -0.15) is 0 Å². The van der Waals surface area contributed by atoms with E-state index in [1.165, 1.54) is 0 Å². The number of H-pyrrole nitrogens is 2. The molecule has 2 N–H and O–H groups in total. The lowest BCUT2D eigenvalue weighted by Crippen LogP contribution is -1.54. The van der Waals surface area contributed by atoms with Gasteiger partial charge < -0.3 is 9.97 Å². The van der Waals surface area contributed by atoms with Gasteiger partial charge in [-0.3, -0.25) is 0 Å². The van der Waals surface area contributed by atoms with Crippen LogP contribution in [0.1, 0.15) is 6.92 Å². The monoisotopic (exact) mass is 140 g/mol. The molecule has 1 heterocycles. The first-order valence-corrected chi connectivity index (χ1v) is 2.81. The van der Waals surface area contributed by atoms with Crippen LogP contribution in [-0.2, 0) is 0 Å². The second kappa shape index (κ2) is 5.13. The van der Waals surface area contributed by atoms with Gasteiger partial charge in [0.25, 0.3) is 0 Å². The third-order valence-electron chi connectivity index (χ3n) is 0.512. The Morgan fingerprint density at radius 3 is 2.00 bits per heavy atom. The first-order chi connectivity index (χ1) is 4.31. The summed E-state index contributed by atoms with van der Waals surface area (Å²) < 4.78 is 0.676. The summed E-state index contributed by atoms with van der Waals surface area (Å²) in [6, 6.07) is 0. The Morgan fingerprint density at radius 2 is 1.89 bits per heavy atom. The van der Waals surface area contributed by atoms with Gasteiger partial charge >= 0.3 is 0 Å². The van der Waals surface area contributed by atoms with E-state index < -0.39 is 0 Å². The van der Waals surface area contributed by atoms with Gasteiger partial charge in [0.2, 0.25) is 0 Å². The molecule has 2 nitrogen and oxygen atoms in total. The average molecular weight is 140 g/mol. The SMILES string of the molecule is C#CC.S=c1[nH]cc[nH]1. The molecule has 0 aliphatic heterocycles. The molecule has 0 spiro atoms. The molecule has 0 aromatic carbocycles. The highest BCUT2D eigenvalue weighted by atomic mass is 32.1. The highest BCUT2D eigenvalue weighted by Gasteiger charge is 1.64. The first-order valence-electron chi connectivity index (χ1n) is 2.40. The van der Waals surface area contributed by atoms with Crippen molar-refractivity contribution in [2.75, 3.05) is 0 Å². The molecule has 0 unspecified atom stereocenters. The van der Waals surface area contributed by atoms with Crippen molar-refractivity contribution in [1.29, 1.82) is 0 Å². The molecule has 0 aliphatic carbocycles. The molecule has 48 valence electrons. The van der Waals surface area contributed by atoms with Gasteiger partial charge in [-0.1, -0.05) is 0 Å². The maximum absolute atomic E-state index is 4.63. The van der Waals surface area contributed by atoms with Crippen molar-refractivity contribution in [1.82, 2.24) is 9.97 Å². The van der Waals surface area contributed by atoms with E-state index in [4.69, 9.17) is 0 Å². The lowest BCUT2D eigenvalue weighted by molar-refractivity contribution is 1.27. The molecular formula is C6H8N2S. The van der Waals surface area contributed by atoms with Crippen LogP contribution in [0.15, 0.2) is 12.4 Å². The minimum Gasteiger partial charge on any atom is -0.338 e. The van der Waals surface area contributed by atoms with E-state index in [1.807, 2.05) is 0 Å². The largest absolute Gasteiger partial charge is 0.338 e. The molecule has 0 amide bonds. The summed E-state index contributed by atoms with van der Waals surface area (Å²) in [5, 5.41) is 0. The fraction of sp³-hybridized carbons (Fsp3) is 0.167. The van der Waals surface area contributed by atoms with Gasteiger partial charge in [0.15, 0.2) is 4.77 Å². The second-order valence-corrected chi connectivity index (χ2v) is 1.65. The zero-order valence-electron chi connectivity index (χ0n) is 5.14. The van der Waals surface area contributed by atoms with E-state index in [0.29, 0.717) is 4.77 Å². The van der Waals surface area contributed by atoms with Gasteiger partial charge in [-0.05, 0) is 19.1 Å². The fourth-order valence-electron chi connectivity index (χ4n) is 0.276. The first kappa shape index (κ1) is 7.99. The molecule has 9 heavy (non-hydrogen) atoms. The van der Waals surface area contributed by atoms with Crippen molar-refractivity contribution in [3.05, 3.63) is 17.2 Å². The fourth-order valence-corrected chi connectivity index (χ4v) is 0.412. The highest BCUT2D eigenvalue weighted by molar-refractivity contribution is 7.71. The smallest absolute Gasteiger partial charge is 0.174 e. The number of aromatic nitrogens is 2. The molecule has 0 saturated carbocycles. The van der Waals surface area contributed by atoms with Crippen LogP contribution in [0.3, 0.4) is 0 Å². The Balaban J connectivity index is 0.000000187. The standard InChI is InChI=1S/C3H4N2S.C3H4/c6-3-4-1-2-5-3;1-3-2/h1-2H,(H2,4,5,6);1H,2H3. The Kier molecular flexibility index (Phi) is 4.56. The average Bonchev–Trinajstić information content (AvgIpc) is 2.20. The Hall–Kier alpha value is -1.01. The van der Waals surface area contributed by atoms with Crippen LogP contribution in [0.2, 0.25) is 0 Å². The van der Waals surface area contributed by atoms with Crippen LogP contribution < -0.4 is 0 Å². The summed E-state index contributed by atoms with van der Waals surface area (Å²) in [4.78, 5) is 5.52. The number of aromatic amines is 2. The zero-order chi connectivity index (χ0) is 7.11. The molecule has 3 heteroatoms. The Morgan fingerprint density at radius 1 is 1.56 bits per heavy atom. The summed E-state index contributed by atoms with van der Waals surface area (Å²) in [5.41, 5.74) is 0. The van der Waals surface area contributed by atoms with E-state index in [-0.39, 0.29) is 0 Å². The van der Waals surface area contributed by atoms with Gasteiger partial charge in [-0.15, -0.1) is 12.3 Å². The van der Waals surface area contributed by atoms with Crippen LogP contribution in [-0.4, -0.2) is 9.97 Å². The summed E-state index contributed by atoms with van der Waals surface area (Å²) in [7, 11) is 0. The van der Waals surface area contributed by atoms with Crippen molar-refractivity contribution in [3.8, 4) is 12.3 Å². The lowest BCUT2D eigenvalue weighted by Gasteiger charge is -1.56. The van der Waals surface area contributed by atoms with Crippen LogP contribution in [0.25, 0.3) is 0 Å². The summed E-state index contributed by atoms with van der Waals surface area (Å²) in [5.74, 6) is 2.25. The van der Waals surface area contributed by atoms with Crippen molar-refractivity contribution in [2.24, 2.45) is 0 Å². The van der Waals surface area contributed by atoms with Crippen molar-refractivity contribution in [3.63, 3.8) is 0 Å². The van der Waals surface area contributed by atoms with Gasteiger partial charge in [0.1, 0.15) is 0 Å². The predicted octanol–water partition coefficient (Wildman–Crippen LogP) is 1.71. The van der Waals surface area contributed by atoms with Gasteiger partial charge in [-0.25, -0.2) is 0 Å². The number of hydrogen-bond donors (Lipinski definition) is 2. The molecule has 0 saturated heterocycles. The molecule has 0 fully saturated rings. The number of rotatable bonds is 0. The van der Waals surface area contributed by atoms with Crippen molar-refractivity contribution < 1.29 is 0 Å². The molecule has 1 aromatic rings. The maximum Gasteiger partial charge on any atom is 0.174 e. The minimum atomic E-state index is 0.676. The van der Waals surface area contributed by atoms with E-state index in [9.17, 15) is 0 Å². The molecule has 0 bridgehead atoms. The van der Waals surface area contributed by atoms with Crippen LogP contribution in [0, 0.1) is 17.1 Å². The molecule has 1 rings (SSSR count). The van der Waals surface area contributed by atoms with Crippen LogP contribution in [0.4, 0.5) is 0 Å². The minimum absolute atomic E-state index is 0.676. The van der Waals surface area contributed by atoms with E-state index in [2.05, 4.69) is 34.5 Å². The topological polar surface area (TPSA) is 31.6 Å². The second-order valence-electron chi connectivity index (χ2n) is 1.24. The third-order valence-corrected chi connectivity index (χ3v) is 0.748. The molecule has 0 radical (unpaired) electrons. The number of terminal acetylenes is 1. The summed E-state index contributed by atoms with van der Waals surface area (Å²) in [6.45, 7) is 1.65. The summed E-state index contributed by atoms with van der Waals surface area (Å²) in [6.07, 6.45) is 8.10. The number of hydrogen-bond acceptors (Lipinski definition) is 1. The van der Waals surface area contributed by atoms with E-state index in [0.717, 1.165) is 0 Å². The van der Waals surface area contributed by atoms with Crippen LogP contribution >= 0.6 is 12.2 Å². The number of imidazole rings is 1. The van der Waals surface area contributed by atoms with E-state index >= 15 is 0 Å². The van der Waals surface area contributed by atoms with Gasteiger partial charge in [0.05, 0.1) is 0 Å². The molecule has 1 aromatic heterocycles. The molecular weight excluding hydrogens is 132 g/mol. The zero-order valence-corrected chi connectivity index (χ0v) is 5.96. The number of nitrogens with one attached hydrogen (secondary N) is 2. The van der Waals surface area contributed by atoms with Crippen LogP contribution in [0.5, 0.6) is 0 Å². The predicted molar refractivity (Wildman–Crippen MR) is 40.5 cm³/mol.